The van der Waals surface area contributed by atoms with Crippen molar-refractivity contribution in [1.82, 2.24) is 4.90 Å². The van der Waals surface area contributed by atoms with E-state index in [1.807, 2.05) is 0 Å². The van der Waals surface area contributed by atoms with Gasteiger partial charge in [0.15, 0.2) is 0 Å². The van der Waals surface area contributed by atoms with Gasteiger partial charge >= 0.3 is 0 Å². The van der Waals surface area contributed by atoms with Crippen molar-refractivity contribution in [2.75, 3.05) is 26.2 Å². The molecule has 0 saturated heterocycles. The van der Waals surface area contributed by atoms with Crippen LogP contribution in [-0.2, 0) is 5.41 Å². The van der Waals surface area contributed by atoms with E-state index in [1.165, 1.54) is 12.0 Å². The van der Waals surface area contributed by atoms with E-state index >= 15 is 0 Å². The molecule has 0 aliphatic heterocycles. The van der Waals surface area contributed by atoms with Crippen molar-refractivity contribution in [3.8, 4) is 5.75 Å². The Hall–Kier alpha value is -1.02. The topological polar surface area (TPSA) is 12.5 Å². The number of hydrogen-bond donors (Lipinski definition) is 0. The molecule has 126 valence electrons. The number of ether oxygens (including phenoxy) is 1. The zero-order valence-electron chi connectivity index (χ0n) is 15.7. The molecule has 1 aromatic carbocycles. The molecule has 0 aliphatic carbocycles. The molecule has 0 unspecified atom stereocenters. The van der Waals surface area contributed by atoms with Gasteiger partial charge in [-0.25, -0.2) is 0 Å². The van der Waals surface area contributed by atoms with Crippen molar-refractivity contribution in [2.24, 2.45) is 5.41 Å². The van der Waals surface area contributed by atoms with E-state index in [0.29, 0.717) is 5.41 Å². The molecule has 0 aromatic heterocycles. The second-order valence-corrected chi connectivity index (χ2v) is 8.02. The molecule has 0 bridgehead atoms. The van der Waals surface area contributed by atoms with E-state index in [9.17, 15) is 0 Å². The van der Waals surface area contributed by atoms with Crippen LogP contribution in [0.5, 0.6) is 5.75 Å². The molecule has 0 fully saturated rings. The quantitative estimate of drug-likeness (QED) is 0.661. The number of benzene rings is 1. The van der Waals surface area contributed by atoms with Crippen molar-refractivity contribution in [3.63, 3.8) is 0 Å². The fourth-order valence-electron chi connectivity index (χ4n) is 3.26. The minimum absolute atomic E-state index is 0.192. The first-order chi connectivity index (χ1) is 10.2. The van der Waals surface area contributed by atoms with Gasteiger partial charge in [0.2, 0.25) is 0 Å². The third-order valence-corrected chi connectivity index (χ3v) is 4.18. The molecule has 0 saturated carbocycles. The Kier molecular flexibility index (Phi) is 6.93. The van der Waals surface area contributed by atoms with Gasteiger partial charge in [0, 0.05) is 6.54 Å². The molecule has 2 heteroatoms. The highest BCUT2D eigenvalue weighted by Gasteiger charge is 2.27. The molecular formula is C20H35NO. The first kappa shape index (κ1) is 19.0. The molecule has 1 rings (SSSR count). The van der Waals surface area contributed by atoms with Crippen LogP contribution in [0.1, 0.15) is 60.5 Å². The standard InChI is InChI=1S/C20H35NO/c1-8-21(9-2)14-15-22-18-12-10-17(11-13-18)20(6,7)16-19(3,4)5/h10-13H,8-9,14-16H2,1-7H3. The highest BCUT2D eigenvalue weighted by atomic mass is 16.5. The van der Waals surface area contributed by atoms with Crippen LogP contribution in [0.4, 0.5) is 0 Å². The molecule has 0 amide bonds. The smallest absolute Gasteiger partial charge is 0.119 e. The van der Waals surface area contributed by atoms with E-state index in [0.717, 1.165) is 32.0 Å². The molecule has 0 atom stereocenters. The van der Waals surface area contributed by atoms with Crippen LogP contribution in [0.25, 0.3) is 0 Å². The summed E-state index contributed by atoms with van der Waals surface area (Å²) in [4.78, 5) is 2.38. The van der Waals surface area contributed by atoms with Gasteiger partial charge in [0.1, 0.15) is 12.4 Å². The van der Waals surface area contributed by atoms with Gasteiger partial charge in [-0.3, -0.25) is 0 Å². The Labute approximate surface area is 137 Å². The van der Waals surface area contributed by atoms with Crippen LogP contribution in [0.15, 0.2) is 24.3 Å². The predicted octanol–water partition coefficient (Wildman–Crippen LogP) is 5.12. The highest BCUT2D eigenvalue weighted by Crippen LogP contribution is 2.36. The lowest BCUT2D eigenvalue weighted by Crippen LogP contribution is -2.28. The van der Waals surface area contributed by atoms with Gasteiger partial charge in [0.05, 0.1) is 0 Å². The highest BCUT2D eigenvalue weighted by molar-refractivity contribution is 5.31. The molecule has 0 heterocycles. The summed E-state index contributed by atoms with van der Waals surface area (Å²) in [7, 11) is 0. The maximum atomic E-state index is 5.87. The number of hydrogen-bond acceptors (Lipinski definition) is 2. The zero-order valence-corrected chi connectivity index (χ0v) is 15.7. The number of rotatable bonds is 8. The molecule has 1 aromatic rings. The fraction of sp³-hybridized carbons (Fsp3) is 0.700. The Balaban J connectivity index is 2.59. The van der Waals surface area contributed by atoms with Gasteiger partial charge < -0.3 is 9.64 Å². The monoisotopic (exact) mass is 305 g/mol. The number of nitrogens with zero attached hydrogens (tertiary/aromatic N) is 1. The Morgan fingerprint density at radius 1 is 0.909 bits per heavy atom. The van der Waals surface area contributed by atoms with Crippen LogP contribution in [0.2, 0.25) is 0 Å². The van der Waals surface area contributed by atoms with Gasteiger partial charge in [-0.1, -0.05) is 60.6 Å². The first-order valence-corrected chi connectivity index (χ1v) is 8.63. The maximum absolute atomic E-state index is 5.87. The van der Waals surface area contributed by atoms with Crippen molar-refractivity contribution in [1.29, 1.82) is 0 Å². The lowest BCUT2D eigenvalue weighted by Gasteiger charge is -2.33. The normalized spacial score (nSPS) is 12.7. The van der Waals surface area contributed by atoms with Crippen molar-refractivity contribution in [3.05, 3.63) is 29.8 Å². The van der Waals surface area contributed by atoms with Gasteiger partial charge in [-0.05, 0) is 48.0 Å². The minimum Gasteiger partial charge on any atom is -0.492 e. The first-order valence-electron chi connectivity index (χ1n) is 8.63. The zero-order chi connectivity index (χ0) is 16.8. The predicted molar refractivity (Wildman–Crippen MR) is 96.8 cm³/mol. The van der Waals surface area contributed by atoms with Crippen LogP contribution >= 0.6 is 0 Å². The Morgan fingerprint density at radius 3 is 1.91 bits per heavy atom. The minimum atomic E-state index is 0.192. The summed E-state index contributed by atoms with van der Waals surface area (Å²) in [5.74, 6) is 0.975. The SMILES string of the molecule is CCN(CC)CCOc1ccc(C(C)(C)CC(C)(C)C)cc1. The van der Waals surface area contributed by atoms with Crippen LogP contribution in [0, 0.1) is 5.41 Å². The lowest BCUT2D eigenvalue weighted by atomic mass is 9.72. The molecule has 2 nitrogen and oxygen atoms in total. The van der Waals surface area contributed by atoms with Crippen LogP contribution in [0.3, 0.4) is 0 Å². The van der Waals surface area contributed by atoms with Gasteiger partial charge in [-0.15, -0.1) is 0 Å². The fourth-order valence-corrected chi connectivity index (χ4v) is 3.26. The van der Waals surface area contributed by atoms with Crippen molar-refractivity contribution in [2.45, 2.75) is 60.3 Å². The summed E-state index contributed by atoms with van der Waals surface area (Å²) in [5, 5.41) is 0. The molecular weight excluding hydrogens is 270 g/mol. The lowest BCUT2D eigenvalue weighted by molar-refractivity contribution is 0.222. The largest absolute Gasteiger partial charge is 0.492 e. The van der Waals surface area contributed by atoms with E-state index in [4.69, 9.17) is 4.74 Å². The summed E-state index contributed by atoms with van der Waals surface area (Å²) in [6.45, 7) is 19.9. The average Bonchev–Trinajstić information content (AvgIpc) is 2.41. The summed E-state index contributed by atoms with van der Waals surface area (Å²) in [5.41, 5.74) is 1.92. The summed E-state index contributed by atoms with van der Waals surface area (Å²) in [6.07, 6.45) is 1.17. The van der Waals surface area contributed by atoms with Gasteiger partial charge in [-0.2, -0.15) is 0 Å². The van der Waals surface area contributed by atoms with Crippen molar-refractivity contribution >= 4 is 0 Å². The van der Waals surface area contributed by atoms with Crippen LogP contribution in [-0.4, -0.2) is 31.1 Å². The summed E-state index contributed by atoms with van der Waals surface area (Å²) in [6, 6.07) is 8.67. The van der Waals surface area contributed by atoms with E-state index in [-0.39, 0.29) is 5.41 Å². The third-order valence-electron chi connectivity index (χ3n) is 4.18. The number of likely N-dealkylation sites (N-methyl/N-ethyl adjacent to an activating group) is 1. The Morgan fingerprint density at radius 2 is 1.45 bits per heavy atom. The van der Waals surface area contributed by atoms with Crippen LogP contribution < -0.4 is 4.74 Å². The van der Waals surface area contributed by atoms with Gasteiger partial charge in [0.25, 0.3) is 0 Å². The summed E-state index contributed by atoms with van der Waals surface area (Å²) < 4.78 is 5.87. The Bertz CT molecular complexity index is 424. The molecule has 0 spiro atoms. The molecule has 0 aliphatic rings. The molecule has 0 radical (unpaired) electrons. The van der Waals surface area contributed by atoms with E-state index < -0.39 is 0 Å². The average molecular weight is 306 g/mol. The van der Waals surface area contributed by atoms with E-state index in [1.54, 1.807) is 0 Å². The third kappa shape index (κ3) is 6.39. The molecule has 22 heavy (non-hydrogen) atoms. The molecule has 0 N–H and O–H groups in total. The second kappa shape index (κ2) is 8.01. The van der Waals surface area contributed by atoms with Crippen molar-refractivity contribution < 1.29 is 4.74 Å². The maximum Gasteiger partial charge on any atom is 0.119 e. The van der Waals surface area contributed by atoms with E-state index in [2.05, 4.69) is 77.6 Å². The second-order valence-electron chi connectivity index (χ2n) is 8.02. The summed E-state index contributed by atoms with van der Waals surface area (Å²) >= 11 is 0.